The zero-order chi connectivity index (χ0) is 15.2. The molecule has 0 aliphatic rings. The van der Waals surface area contributed by atoms with Crippen molar-refractivity contribution < 1.29 is 9.18 Å². The minimum Gasteiger partial charge on any atom is -0.351 e. The Kier molecular flexibility index (Phi) is 6.73. The molecule has 0 unspecified atom stereocenters. The van der Waals surface area contributed by atoms with Crippen LogP contribution in [0.4, 0.5) is 4.39 Å². The molecule has 112 valence electrons. The lowest BCUT2D eigenvalue weighted by Gasteiger charge is -2.06. The van der Waals surface area contributed by atoms with E-state index in [0.29, 0.717) is 16.6 Å². The summed E-state index contributed by atoms with van der Waals surface area (Å²) in [6, 6.07) is 8.18. The third-order valence-corrected chi connectivity index (χ3v) is 6.05. The van der Waals surface area contributed by atoms with E-state index in [9.17, 15) is 9.18 Å². The molecule has 0 bridgehead atoms. The average Bonchev–Trinajstić information content (AvgIpc) is 2.84. The van der Waals surface area contributed by atoms with Gasteiger partial charge in [0.05, 0.1) is 9.35 Å². The second kappa shape index (κ2) is 8.31. The van der Waals surface area contributed by atoms with Crippen LogP contribution in [-0.4, -0.2) is 18.2 Å². The molecule has 1 heterocycles. The van der Waals surface area contributed by atoms with E-state index in [1.807, 2.05) is 6.07 Å². The maximum Gasteiger partial charge on any atom is 0.252 e. The van der Waals surface area contributed by atoms with Crippen LogP contribution in [0, 0.1) is 5.82 Å². The van der Waals surface area contributed by atoms with Crippen molar-refractivity contribution in [2.24, 2.45) is 0 Å². The van der Waals surface area contributed by atoms with Gasteiger partial charge in [0.1, 0.15) is 5.82 Å². The number of carbonyl (C=O) groups excluding carboxylic acids is 1. The molecule has 2 nitrogen and oxygen atoms in total. The van der Waals surface area contributed by atoms with Crippen LogP contribution in [-0.2, 0) is 5.75 Å². The summed E-state index contributed by atoms with van der Waals surface area (Å²) in [6.45, 7) is 0.583. The number of thiophene rings is 1. The van der Waals surface area contributed by atoms with E-state index in [1.54, 1.807) is 23.1 Å². The second-order valence-electron chi connectivity index (χ2n) is 4.14. The van der Waals surface area contributed by atoms with Crippen LogP contribution >= 0.6 is 55.0 Å². The normalized spacial score (nSPS) is 10.6. The van der Waals surface area contributed by atoms with E-state index >= 15 is 0 Å². The van der Waals surface area contributed by atoms with Crippen molar-refractivity contribution >= 4 is 60.9 Å². The second-order valence-corrected chi connectivity index (χ2v) is 8.65. The maximum absolute atomic E-state index is 13.0. The van der Waals surface area contributed by atoms with Gasteiger partial charge in [-0.1, -0.05) is 0 Å². The highest BCUT2D eigenvalue weighted by Crippen LogP contribution is 2.25. The number of amides is 1. The van der Waals surface area contributed by atoms with E-state index in [2.05, 4.69) is 43.2 Å². The van der Waals surface area contributed by atoms with Gasteiger partial charge in [-0.05, 0) is 62.2 Å². The lowest BCUT2D eigenvalue weighted by molar-refractivity contribution is 0.0955. The highest BCUT2D eigenvalue weighted by atomic mass is 79.9. The van der Waals surface area contributed by atoms with E-state index in [-0.39, 0.29) is 11.7 Å². The molecule has 1 aromatic carbocycles. The smallest absolute Gasteiger partial charge is 0.252 e. The Morgan fingerprint density at radius 1 is 1.29 bits per heavy atom. The van der Waals surface area contributed by atoms with Crippen molar-refractivity contribution in [1.82, 2.24) is 5.32 Å². The monoisotopic (exact) mass is 451 g/mol. The number of thioether (sulfide) groups is 1. The van der Waals surface area contributed by atoms with Gasteiger partial charge in [-0.2, -0.15) is 11.8 Å². The third-order valence-electron chi connectivity index (χ3n) is 2.58. The van der Waals surface area contributed by atoms with Crippen LogP contribution in [0.1, 0.15) is 15.2 Å². The molecule has 2 rings (SSSR count). The zero-order valence-electron chi connectivity index (χ0n) is 10.9. The van der Waals surface area contributed by atoms with Gasteiger partial charge in [0, 0.05) is 27.4 Å². The maximum atomic E-state index is 13.0. The Morgan fingerprint density at radius 2 is 2.10 bits per heavy atom. The van der Waals surface area contributed by atoms with E-state index < -0.39 is 0 Å². The predicted octanol–water partition coefficient (Wildman–Crippen LogP) is 5.08. The van der Waals surface area contributed by atoms with Crippen molar-refractivity contribution in [2.75, 3.05) is 12.3 Å². The Hall–Kier alpha value is -0.370. The molecule has 0 fully saturated rings. The van der Waals surface area contributed by atoms with E-state index in [1.165, 1.54) is 23.1 Å². The fourth-order valence-corrected chi connectivity index (χ4v) is 4.59. The minimum atomic E-state index is -0.365. The third kappa shape index (κ3) is 5.39. The Bertz CT molecular complexity index is 633. The van der Waals surface area contributed by atoms with Gasteiger partial charge in [0.15, 0.2) is 0 Å². The summed E-state index contributed by atoms with van der Waals surface area (Å²) in [4.78, 5) is 13.2. The molecule has 21 heavy (non-hydrogen) atoms. The highest BCUT2D eigenvalue weighted by Gasteiger charge is 2.09. The van der Waals surface area contributed by atoms with Crippen LogP contribution in [0.2, 0.25) is 0 Å². The summed E-state index contributed by atoms with van der Waals surface area (Å²) >= 11 is 10.1. The van der Waals surface area contributed by atoms with Crippen LogP contribution in [0.3, 0.4) is 0 Å². The molecule has 1 amide bonds. The molecule has 1 aromatic heterocycles. The molecular formula is C14H12Br2FNOS2. The molecule has 1 N–H and O–H groups in total. The van der Waals surface area contributed by atoms with Crippen LogP contribution in [0.25, 0.3) is 0 Å². The number of hydrogen-bond acceptors (Lipinski definition) is 3. The Balaban J connectivity index is 1.72. The van der Waals surface area contributed by atoms with Crippen molar-refractivity contribution in [3.05, 3.63) is 54.8 Å². The first-order valence-corrected chi connectivity index (χ1v) is 9.67. The van der Waals surface area contributed by atoms with Gasteiger partial charge >= 0.3 is 0 Å². The summed E-state index contributed by atoms with van der Waals surface area (Å²) in [7, 11) is 0. The van der Waals surface area contributed by atoms with Crippen LogP contribution in [0.15, 0.2) is 38.6 Å². The lowest BCUT2D eigenvalue weighted by Crippen LogP contribution is -2.26. The average molecular weight is 453 g/mol. The predicted molar refractivity (Wildman–Crippen MR) is 94.6 cm³/mol. The van der Waals surface area contributed by atoms with Gasteiger partial charge in [-0.3, -0.25) is 4.79 Å². The molecule has 0 radical (unpaired) electrons. The summed E-state index contributed by atoms with van der Waals surface area (Å²) in [5.41, 5.74) is 0.448. The summed E-state index contributed by atoms with van der Waals surface area (Å²) in [5.74, 6) is 1.21. The first-order chi connectivity index (χ1) is 10.1. The van der Waals surface area contributed by atoms with Gasteiger partial charge in [-0.15, -0.1) is 11.3 Å². The molecule has 0 atom stereocenters. The summed E-state index contributed by atoms with van der Waals surface area (Å²) in [5, 5.41) is 2.83. The lowest BCUT2D eigenvalue weighted by atomic mass is 10.2. The van der Waals surface area contributed by atoms with Crippen molar-refractivity contribution in [3.8, 4) is 0 Å². The molecule has 2 aromatic rings. The molecular weight excluding hydrogens is 441 g/mol. The van der Waals surface area contributed by atoms with Crippen LogP contribution in [0.5, 0.6) is 0 Å². The number of halogens is 3. The van der Waals surface area contributed by atoms with Gasteiger partial charge < -0.3 is 5.32 Å². The SMILES string of the molecule is O=C(NCCSCc1ccc(Br)s1)c1ccc(F)cc1Br. The molecule has 0 saturated heterocycles. The number of nitrogens with one attached hydrogen (secondary N) is 1. The van der Waals surface area contributed by atoms with Crippen molar-refractivity contribution in [2.45, 2.75) is 5.75 Å². The first kappa shape index (κ1) is 17.0. The number of hydrogen-bond donors (Lipinski definition) is 1. The highest BCUT2D eigenvalue weighted by molar-refractivity contribution is 9.11. The van der Waals surface area contributed by atoms with Gasteiger partial charge in [-0.25, -0.2) is 4.39 Å². The zero-order valence-corrected chi connectivity index (χ0v) is 15.7. The van der Waals surface area contributed by atoms with Gasteiger partial charge in [0.2, 0.25) is 0 Å². The topological polar surface area (TPSA) is 29.1 Å². The van der Waals surface area contributed by atoms with E-state index in [0.717, 1.165) is 15.3 Å². The fourth-order valence-electron chi connectivity index (χ4n) is 1.61. The summed E-state index contributed by atoms with van der Waals surface area (Å²) in [6.07, 6.45) is 0. The number of benzene rings is 1. The first-order valence-electron chi connectivity index (χ1n) is 6.11. The number of rotatable bonds is 6. The Labute approximate surface area is 147 Å². The van der Waals surface area contributed by atoms with E-state index in [4.69, 9.17) is 0 Å². The standard InChI is InChI=1S/C14H12Br2FNOS2/c15-12-7-9(17)1-3-11(12)14(19)18-5-6-20-8-10-2-4-13(16)21-10/h1-4,7H,5-6,8H2,(H,18,19). The molecule has 0 saturated carbocycles. The Morgan fingerprint density at radius 3 is 2.76 bits per heavy atom. The number of carbonyl (C=O) groups is 1. The minimum absolute atomic E-state index is 0.193. The molecule has 0 aliphatic heterocycles. The van der Waals surface area contributed by atoms with Crippen molar-refractivity contribution in [1.29, 1.82) is 0 Å². The van der Waals surface area contributed by atoms with Crippen LogP contribution < -0.4 is 5.32 Å². The summed E-state index contributed by atoms with van der Waals surface area (Å²) < 4.78 is 14.6. The van der Waals surface area contributed by atoms with Gasteiger partial charge in [0.25, 0.3) is 5.91 Å². The fraction of sp³-hybridized carbons (Fsp3) is 0.214. The molecule has 0 spiro atoms. The largest absolute Gasteiger partial charge is 0.351 e. The molecule has 7 heteroatoms. The quantitative estimate of drug-likeness (QED) is 0.619. The molecule has 0 aliphatic carbocycles. The van der Waals surface area contributed by atoms with Crippen molar-refractivity contribution in [3.63, 3.8) is 0 Å².